The van der Waals surface area contributed by atoms with Crippen LogP contribution in [0, 0.1) is 6.92 Å². The van der Waals surface area contributed by atoms with E-state index in [9.17, 15) is 4.79 Å². The van der Waals surface area contributed by atoms with E-state index in [2.05, 4.69) is 11.7 Å². The van der Waals surface area contributed by atoms with Gasteiger partial charge in [-0.1, -0.05) is 18.2 Å². The van der Waals surface area contributed by atoms with Crippen LogP contribution in [0.2, 0.25) is 5.02 Å². The summed E-state index contributed by atoms with van der Waals surface area (Å²) >= 11 is 6.08. The Morgan fingerprint density at radius 2 is 2.20 bits per heavy atom. The standard InChI is InChI=1S/C11H15ClN2O/c1-5-14-9(6-10(15)7(2)3)11(12)8(4)13-14/h2,5-6H2,1,3-4H3. The van der Waals surface area contributed by atoms with Crippen molar-refractivity contribution in [2.75, 3.05) is 0 Å². The van der Waals surface area contributed by atoms with Gasteiger partial charge in [-0.2, -0.15) is 5.10 Å². The van der Waals surface area contributed by atoms with Crippen LogP contribution in [-0.2, 0) is 17.8 Å². The summed E-state index contributed by atoms with van der Waals surface area (Å²) in [6.07, 6.45) is 0.281. The highest BCUT2D eigenvalue weighted by atomic mass is 35.5. The van der Waals surface area contributed by atoms with Crippen molar-refractivity contribution in [2.45, 2.75) is 33.7 Å². The molecule has 0 aromatic carbocycles. The number of nitrogens with zero attached hydrogens (tertiary/aromatic N) is 2. The molecule has 1 aromatic rings. The van der Waals surface area contributed by atoms with E-state index in [1.54, 1.807) is 11.6 Å². The van der Waals surface area contributed by atoms with E-state index >= 15 is 0 Å². The molecule has 1 aromatic heterocycles. The second-order valence-electron chi connectivity index (χ2n) is 3.54. The molecule has 0 N–H and O–H groups in total. The highest BCUT2D eigenvalue weighted by Crippen LogP contribution is 2.21. The van der Waals surface area contributed by atoms with Crippen molar-refractivity contribution in [3.8, 4) is 0 Å². The number of aryl methyl sites for hydroxylation is 2. The number of ketones is 1. The monoisotopic (exact) mass is 226 g/mol. The Kier molecular flexibility index (Phi) is 3.69. The van der Waals surface area contributed by atoms with E-state index in [1.807, 2.05) is 13.8 Å². The molecule has 0 aliphatic rings. The van der Waals surface area contributed by atoms with Crippen molar-refractivity contribution in [3.63, 3.8) is 0 Å². The molecule has 1 rings (SSSR count). The maximum Gasteiger partial charge on any atom is 0.163 e. The molecule has 0 bridgehead atoms. The summed E-state index contributed by atoms with van der Waals surface area (Å²) in [6, 6.07) is 0. The molecule has 15 heavy (non-hydrogen) atoms. The molecule has 82 valence electrons. The molecule has 0 aliphatic carbocycles. The van der Waals surface area contributed by atoms with E-state index < -0.39 is 0 Å². The lowest BCUT2D eigenvalue weighted by Gasteiger charge is -2.04. The highest BCUT2D eigenvalue weighted by Gasteiger charge is 2.15. The van der Waals surface area contributed by atoms with E-state index in [-0.39, 0.29) is 12.2 Å². The van der Waals surface area contributed by atoms with Gasteiger partial charge in [-0.15, -0.1) is 0 Å². The third kappa shape index (κ3) is 2.48. The molecule has 0 aliphatic heterocycles. The van der Waals surface area contributed by atoms with Crippen LogP contribution in [0.3, 0.4) is 0 Å². The van der Waals surface area contributed by atoms with Crippen LogP contribution >= 0.6 is 11.6 Å². The van der Waals surface area contributed by atoms with Gasteiger partial charge >= 0.3 is 0 Å². The maximum atomic E-state index is 11.5. The van der Waals surface area contributed by atoms with Crippen molar-refractivity contribution in [1.29, 1.82) is 0 Å². The number of aromatic nitrogens is 2. The summed E-state index contributed by atoms with van der Waals surface area (Å²) in [7, 11) is 0. The molecule has 0 saturated heterocycles. The van der Waals surface area contributed by atoms with Crippen molar-refractivity contribution in [1.82, 2.24) is 9.78 Å². The zero-order valence-corrected chi connectivity index (χ0v) is 10.1. The average Bonchev–Trinajstić information content (AvgIpc) is 2.45. The van der Waals surface area contributed by atoms with Crippen LogP contribution in [0.1, 0.15) is 25.2 Å². The van der Waals surface area contributed by atoms with Gasteiger partial charge in [0, 0.05) is 6.54 Å². The third-order valence-corrected chi connectivity index (χ3v) is 2.75. The second kappa shape index (κ2) is 4.62. The van der Waals surface area contributed by atoms with Gasteiger partial charge in [0.05, 0.1) is 22.8 Å². The van der Waals surface area contributed by atoms with Crippen LogP contribution in [0.25, 0.3) is 0 Å². The van der Waals surface area contributed by atoms with Crippen LogP contribution in [-0.4, -0.2) is 15.6 Å². The molecule has 1 heterocycles. The lowest BCUT2D eigenvalue weighted by molar-refractivity contribution is -0.115. The Balaban J connectivity index is 3.02. The number of hydrogen-bond acceptors (Lipinski definition) is 2. The fraction of sp³-hybridized carbons (Fsp3) is 0.455. The van der Waals surface area contributed by atoms with Gasteiger partial charge in [-0.05, 0) is 26.3 Å². The molecular formula is C11H15ClN2O. The number of Topliss-reactive ketones (excluding diaryl/α,β-unsaturated/α-hetero) is 1. The summed E-state index contributed by atoms with van der Waals surface area (Å²) in [5.74, 6) is 0.00602. The fourth-order valence-electron chi connectivity index (χ4n) is 1.34. The van der Waals surface area contributed by atoms with E-state index in [0.29, 0.717) is 17.1 Å². The number of carbonyl (C=O) groups excluding carboxylic acids is 1. The predicted molar refractivity (Wildman–Crippen MR) is 61.2 cm³/mol. The van der Waals surface area contributed by atoms with Crippen LogP contribution in [0.15, 0.2) is 12.2 Å². The molecule has 0 fully saturated rings. The van der Waals surface area contributed by atoms with E-state index in [4.69, 9.17) is 11.6 Å². The van der Waals surface area contributed by atoms with Gasteiger partial charge < -0.3 is 0 Å². The largest absolute Gasteiger partial charge is 0.294 e. The van der Waals surface area contributed by atoms with Gasteiger partial charge in [0.1, 0.15) is 0 Å². The lowest BCUT2D eigenvalue weighted by Crippen LogP contribution is -2.10. The summed E-state index contributed by atoms with van der Waals surface area (Å²) in [5.41, 5.74) is 2.10. The van der Waals surface area contributed by atoms with Gasteiger partial charge in [0.15, 0.2) is 5.78 Å². The first kappa shape index (κ1) is 12.0. The molecule has 3 nitrogen and oxygen atoms in total. The lowest BCUT2D eigenvalue weighted by atomic mass is 10.1. The van der Waals surface area contributed by atoms with Gasteiger partial charge in [0.25, 0.3) is 0 Å². The molecule has 0 unspecified atom stereocenters. The van der Waals surface area contributed by atoms with Crippen LogP contribution < -0.4 is 0 Å². The van der Waals surface area contributed by atoms with E-state index in [1.165, 1.54) is 0 Å². The van der Waals surface area contributed by atoms with Crippen molar-refractivity contribution in [3.05, 3.63) is 28.6 Å². The van der Waals surface area contributed by atoms with E-state index in [0.717, 1.165) is 11.4 Å². The second-order valence-corrected chi connectivity index (χ2v) is 3.92. The summed E-state index contributed by atoms with van der Waals surface area (Å²) < 4.78 is 1.76. The highest BCUT2D eigenvalue weighted by molar-refractivity contribution is 6.32. The minimum atomic E-state index is 0.00602. The Bertz CT molecular complexity index is 407. The first-order chi connectivity index (χ1) is 6.97. The molecule has 0 spiro atoms. The van der Waals surface area contributed by atoms with Crippen molar-refractivity contribution >= 4 is 17.4 Å². The van der Waals surface area contributed by atoms with Gasteiger partial charge in [-0.3, -0.25) is 9.48 Å². The minimum Gasteiger partial charge on any atom is -0.294 e. The molecular weight excluding hydrogens is 212 g/mol. The number of rotatable bonds is 4. The molecule has 0 atom stereocenters. The third-order valence-electron chi connectivity index (χ3n) is 2.26. The zero-order valence-electron chi connectivity index (χ0n) is 9.30. The predicted octanol–water partition coefficient (Wildman–Crippen LogP) is 2.55. The van der Waals surface area contributed by atoms with Crippen LogP contribution in [0.4, 0.5) is 0 Å². The average molecular weight is 227 g/mol. The van der Waals surface area contributed by atoms with Crippen molar-refractivity contribution < 1.29 is 4.79 Å². The number of carbonyl (C=O) groups is 1. The summed E-state index contributed by atoms with van der Waals surface area (Å²) in [6.45, 7) is 9.85. The Hall–Kier alpha value is -1.09. The quantitative estimate of drug-likeness (QED) is 0.740. The number of halogens is 1. The molecule has 4 heteroatoms. The SMILES string of the molecule is C=C(C)C(=O)Cc1c(Cl)c(C)nn1CC. The first-order valence-corrected chi connectivity index (χ1v) is 5.25. The Labute approximate surface area is 94.7 Å². The van der Waals surface area contributed by atoms with Crippen molar-refractivity contribution in [2.24, 2.45) is 0 Å². The summed E-state index contributed by atoms with van der Waals surface area (Å²) in [5, 5.41) is 4.83. The molecule has 0 amide bonds. The van der Waals surface area contributed by atoms with Crippen LogP contribution in [0.5, 0.6) is 0 Å². The smallest absolute Gasteiger partial charge is 0.163 e. The maximum absolute atomic E-state index is 11.5. The molecule has 0 radical (unpaired) electrons. The van der Waals surface area contributed by atoms with Gasteiger partial charge in [-0.25, -0.2) is 0 Å². The normalized spacial score (nSPS) is 10.4. The summed E-state index contributed by atoms with van der Waals surface area (Å²) in [4.78, 5) is 11.5. The molecule has 0 saturated carbocycles. The first-order valence-electron chi connectivity index (χ1n) is 4.87. The topological polar surface area (TPSA) is 34.9 Å². The number of hydrogen-bond donors (Lipinski definition) is 0. The fourth-order valence-corrected chi connectivity index (χ4v) is 1.54. The Morgan fingerprint density at radius 1 is 1.60 bits per heavy atom. The minimum absolute atomic E-state index is 0.00602. The number of allylic oxidation sites excluding steroid dienone is 1. The zero-order chi connectivity index (χ0) is 11.6. The van der Waals surface area contributed by atoms with Gasteiger partial charge in [0.2, 0.25) is 0 Å². The Morgan fingerprint density at radius 3 is 2.67 bits per heavy atom.